The molecule has 0 heterocycles. The van der Waals surface area contributed by atoms with Crippen molar-refractivity contribution in [3.8, 4) is 0 Å². The molecule has 0 aromatic carbocycles. The summed E-state index contributed by atoms with van der Waals surface area (Å²) in [5.41, 5.74) is 0. The van der Waals surface area contributed by atoms with E-state index in [1.807, 2.05) is 0 Å². The predicted molar refractivity (Wildman–Crippen MR) is 114 cm³/mol. The van der Waals surface area contributed by atoms with E-state index in [4.69, 9.17) is 0 Å². The van der Waals surface area contributed by atoms with E-state index in [2.05, 4.69) is 41.5 Å². The van der Waals surface area contributed by atoms with E-state index in [-0.39, 0.29) is 19.5 Å². The number of rotatable bonds is 16. The van der Waals surface area contributed by atoms with Gasteiger partial charge in [0, 0.05) is 0 Å². The molecule has 0 aliphatic rings. The molecule has 0 bridgehead atoms. The van der Waals surface area contributed by atoms with E-state index < -0.39 is 0 Å². The van der Waals surface area contributed by atoms with Crippen LogP contribution in [0.1, 0.15) is 130 Å². The van der Waals surface area contributed by atoms with Crippen molar-refractivity contribution in [3.05, 3.63) is 13.8 Å². The van der Waals surface area contributed by atoms with Crippen LogP contribution in [-0.2, 0) is 19.5 Å². The Kier molecular flexibility index (Phi) is 32.6. The quantitative estimate of drug-likeness (QED) is 0.137. The number of unbranched alkanes of at least 4 members (excludes halogenated alkanes) is 10. The van der Waals surface area contributed by atoms with Crippen molar-refractivity contribution < 1.29 is 19.5 Å². The van der Waals surface area contributed by atoms with Gasteiger partial charge in [0.2, 0.25) is 0 Å². The van der Waals surface area contributed by atoms with Gasteiger partial charge in [-0.2, -0.15) is 11.8 Å². The molecule has 2 unspecified atom stereocenters. The first-order valence-corrected chi connectivity index (χ1v) is 11.3. The fourth-order valence-corrected chi connectivity index (χ4v) is 2.83. The summed E-state index contributed by atoms with van der Waals surface area (Å²) in [4.78, 5) is 0. The van der Waals surface area contributed by atoms with Gasteiger partial charge in [-0.15, -0.1) is 0 Å². The maximum absolute atomic E-state index is 4.09. The SMILES string of the molecule is [CH2-]C(CC)CCCCCCCC.[CH2-]C(CC)CCCCCCCC.[Zn+2]. The third kappa shape index (κ3) is 29.6. The average Bonchev–Trinajstić information content (AvgIpc) is 2.61. The second-order valence-electron chi connectivity index (χ2n) is 7.66. The summed E-state index contributed by atoms with van der Waals surface area (Å²) in [5, 5.41) is 0. The molecule has 1 heteroatoms. The molecule has 0 saturated carbocycles. The standard InChI is InChI=1S/2C12H25.Zn/c2*1-4-6-7-8-9-10-11-12(3)5-2;/h2*12H,3-11H2,1-2H3;/q2*-1;+2. The smallest absolute Gasteiger partial charge is 0.340 e. The van der Waals surface area contributed by atoms with Crippen LogP contribution in [0.25, 0.3) is 0 Å². The Bertz CT molecular complexity index is 180. The van der Waals surface area contributed by atoms with Crippen LogP contribution in [0, 0.1) is 25.7 Å². The molecule has 0 aliphatic carbocycles. The molecule has 148 valence electrons. The molecule has 0 amide bonds. The Morgan fingerprint density at radius 1 is 0.480 bits per heavy atom. The second-order valence-corrected chi connectivity index (χ2v) is 7.66. The summed E-state index contributed by atoms with van der Waals surface area (Å²) in [6.07, 6.45) is 22.1. The van der Waals surface area contributed by atoms with Crippen LogP contribution in [0.2, 0.25) is 0 Å². The van der Waals surface area contributed by atoms with Crippen LogP contribution in [0.4, 0.5) is 0 Å². The first-order valence-electron chi connectivity index (χ1n) is 11.3. The molecular weight excluding hydrogens is 354 g/mol. The largest absolute Gasteiger partial charge is 2.00 e. The van der Waals surface area contributed by atoms with Gasteiger partial charge in [-0.1, -0.05) is 130 Å². The van der Waals surface area contributed by atoms with E-state index >= 15 is 0 Å². The summed E-state index contributed by atoms with van der Waals surface area (Å²) in [6, 6.07) is 0. The van der Waals surface area contributed by atoms with Gasteiger partial charge in [-0.05, 0) is 0 Å². The van der Waals surface area contributed by atoms with Crippen LogP contribution >= 0.6 is 0 Å². The fourth-order valence-electron chi connectivity index (χ4n) is 2.83. The third-order valence-electron chi connectivity index (χ3n) is 5.09. The van der Waals surface area contributed by atoms with Gasteiger partial charge in [0.1, 0.15) is 0 Å². The maximum Gasteiger partial charge on any atom is 2.00 e. The van der Waals surface area contributed by atoms with E-state index in [9.17, 15) is 0 Å². The third-order valence-corrected chi connectivity index (χ3v) is 5.09. The van der Waals surface area contributed by atoms with Crippen LogP contribution in [0.5, 0.6) is 0 Å². The minimum Gasteiger partial charge on any atom is -0.340 e. The van der Waals surface area contributed by atoms with E-state index in [0.29, 0.717) is 11.8 Å². The average molecular weight is 404 g/mol. The molecule has 0 rings (SSSR count). The molecule has 2 atom stereocenters. The Balaban J connectivity index is -0.000000372. The van der Waals surface area contributed by atoms with E-state index in [1.54, 1.807) is 0 Å². The summed E-state index contributed by atoms with van der Waals surface area (Å²) < 4.78 is 0. The monoisotopic (exact) mass is 402 g/mol. The zero-order valence-corrected chi connectivity index (χ0v) is 21.6. The van der Waals surface area contributed by atoms with Crippen LogP contribution < -0.4 is 0 Å². The second kappa shape index (κ2) is 26.8. The normalized spacial score (nSPS) is 12.7. The van der Waals surface area contributed by atoms with Crippen molar-refractivity contribution in [1.82, 2.24) is 0 Å². The minimum absolute atomic E-state index is 0. The van der Waals surface area contributed by atoms with Crippen molar-refractivity contribution in [2.75, 3.05) is 0 Å². The van der Waals surface area contributed by atoms with Crippen molar-refractivity contribution in [3.63, 3.8) is 0 Å². The first kappa shape index (κ1) is 30.4. The van der Waals surface area contributed by atoms with E-state index in [1.165, 1.54) is 103 Å². The molecule has 0 aliphatic heterocycles. The molecule has 0 nitrogen and oxygen atoms in total. The fraction of sp³-hybridized carbons (Fsp3) is 0.917. The van der Waals surface area contributed by atoms with Gasteiger partial charge in [0.05, 0.1) is 0 Å². The Labute approximate surface area is 175 Å². The molecule has 0 fully saturated rings. The zero-order chi connectivity index (χ0) is 18.5. The van der Waals surface area contributed by atoms with Gasteiger partial charge in [-0.3, -0.25) is 0 Å². The number of hydrogen-bond acceptors (Lipinski definition) is 0. The predicted octanol–water partition coefficient (Wildman–Crippen LogP) is 9.19. The number of hydrogen-bond donors (Lipinski definition) is 0. The van der Waals surface area contributed by atoms with Crippen LogP contribution in [0.3, 0.4) is 0 Å². The topological polar surface area (TPSA) is 0 Å². The Morgan fingerprint density at radius 2 is 0.760 bits per heavy atom. The minimum atomic E-state index is 0. The maximum atomic E-state index is 4.09. The van der Waals surface area contributed by atoms with Crippen molar-refractivity contribution >= 4 is 0 Å². The summed E-state index contributed by atoms with van der Waals surface area (Å²) in [5.74, 6) is 1.41. The van der Waals surface area contributed by atoms with Gasteiger partial charge >= 0.3 is 19.5 Å². The van der Waals surface area contributed by atoms with Crippen LogP contribution in [-0.4, -0.2) is 0 Å². The molecule has 0 saturated heterocycles. The van der Waals surface area contributed by atoms with Gasteiger partial charge < -0.3 is 13.8 Å². The zero-order valence-electron chi connectivity index (χ0n) is 18.6. The van der Waals surface area contributed by atoms with Gasteiger partial charge in [-0.25, -0.2) is 0 Å². The molecule has 0 N–H and O–H groups in total. The molecule has 0 aromatic heterocycles. The van der Waals surface area contributed by atoms with Crippen molar-refractivity contribution in [2.45, 2.75) is 130 Å². The molecule has 25 heavy (non-hydrogen) atoms. The molecule has 0 radical (unpaired) electrons. The van der Waals surface area contributed by atoms with Crippen molar-refractivity contribution in [2.24, 2.45) is 11.8 Å². The summed E-state index contributed by atoms with van der Waals surface area (Å²) in [6.45, 7) is 17.2. The molecule has 0 aromatic rings. The van der Waals surface area contributed by atoms with E-state index in [0.717, 1.165) is 0 Å². The van der Waals surface area contributed by atoms with Gasteiger partial charge in [0.25, 0.3) is 0 Å². The molecule has 0 spiro atoms. The summed E-state index contributed by atoms with van der Waals surface area (Å²) >= 11 is 0. The summed E-state index contributed by atoms with van der Waals surface area (Å²) in [7, 11) is 0. The Hall–Kier alpha value is 0.623. The Morgan fingerprint density at radius 3 is 1.04 bits per heavy atom. The van der Waals surface area contributed by atoms with Gasteiger partial charge in [0.15, 0.2) is 0 Å². The van der Waals surface area contributed by atoms with Crippen LogP contribution in [0.15, 0.2) is 0 Å². The molecular formula is C24H50Zn. The van der Waals surface area contributed by atoms with Crippen molar-refractivity contribution in [1.29, 1.82) is 0 Å². The first-order chi connectivity index (χ1) is 11.6.